The Morgan fingerprint density at radius 2 is 2.15 bits per heavy atom. The number of rotatable bonds is 2. The molecule has 76 valence electrons. The lowest BCUT2D eigenvalue weighted by Crippen LogP contribution is -2.47. The summed E-state index contributed by atoms with van der Waals surface area (Å²) in [6.07, 6.45) is -0.465. The molecule has 0 spiro atoms. The van der Waals surface area contributed by atoms with E-state index in [1.165, 1.54) is 0 Å². The smallest absolute Gasteiger partial charge is 0.120 e. The van der Waals surface area contributed by atoms with E-state index >= 15 is 0 Å². The van der Waals surface area contributed by atoms with E-state index in [1.807, 2.05) is 20.8 Å². The molecule has 4 heteroatoms. The first kappa shape index (κ1) is 10.6. The molecule has 0 bridgehead atoms. The molecule has 1 rings (SSSR count). The third-order valence-electron chi connectivity index (χ3n) is 2.57. The molecule has 0 radical (unpaired) electrons. The summed E-state index contributed by atoms with van der Waals surface area (Å²) in [6, 6.07) is -0.398. The molecule has 1 aliphatic heterocycles. The summed E-state index contributed by atoms with van der Waals surface area (Å²) in [7, 11) is 0. The maximum Gasteiger partial charge on any atom is 0.120 e. The first-order valence-electron chi connectivity index (χ1n) is 4.72. The van der Waals surface area contributed by atoms with E-state index in [0.29, 0.717) is 6.42 Å². The van der Waals surface area contributed by atoms with Crippen molar-refractivity contribution < 1.29 is 9.84 Å². The van der Waals surface area contributed by atoms with Gasteiger partial charge in [0.2, 0.25) is 0 Å². The third kappa shape index (κ3) is 2.25. The zero-order valence-electron chi connectivity index (χ0n) is 8.30. The van der Waals surface area contributed by atoms with Gasteiger partial charge in [0.15, 0.2) is 0 Å². The lowest BCUT2D eigenvalue weighted by atomic mass is 9.91. The van der Waals surface area contributed by atoms with E-state index in [4.69, 9.17) is 4.74 Å². The van der Waals surface area contributed by atoms with Crippen LogP contribution >= 0.6 is 0 Å². The molecule has 13 heavy (non-hydrogen) atoms. The maximum absolute atomic E-state index is 10.4. The standard InChI is InChI=1S/C9H17NO3/c1-5(2)9-8(11)4-7(10-12)6(3)13-9/h5-9,11H,4H2,1-3H3. The normalized spacial score (nSPS) is 40.7. The zero-order valence-corrected chi connectivity index (χ0v) is 8.30. The second kappa shape index (κ2) is 4.15. The second-order valence-electron chi connectivity index (χ2n) is 4.03. The van der Waals surface area contributed by atoms with Crippen molar-refractivity contribution in [3.8, 4) is 0 Å². The van der Waals surface area contributed by atoms with Crippen molar-refractivity contribution in [1.29, 1.82) is 0 Å². The minimum atomic E-state index is -0.557. The minimum absolute atomic E-state index is 0.159. The van der Waals surface area contributed by atoms with Gasteiger partial charge in [-0.15, -0.1) is 0 Å². The predicted octanol–water partition coefficient (Wildman–Crippen LogP) is 1.32. The van der Waals surface area contributed by atoms with Crippen molar-refractivity contribution in [2.24, 2.45) is 11.1 Å². The summed E-state index contributed by atoms with van der Waals surface area (Å²) in [6.45, 7) is 5.82. The van der Waals surface area contributed by atoms with Crippen molar-refractivity contribution in [2.75, 3.05) is 0 Å². The van der Waals surface area contributed by atoms with Crippen molar-refractivity contribution in [1.82, 2.24) is 0 Å². The first-order valence-corrected chi connectivity index (χ1v) is 4.72. The van der Waals surface area contributed by atoms with Gasteiger partial charge < -0.3 is 9.84 Å². The molecular formula is C9H17NO3. The van der Waals surface area contributed by atoms with Gasteiger partial charge in [-0.3, -0.25) is 0 Å². The Balaban J connectivity index is 2.61. The summed E-state index contributed by atoms with van der Waals surface area (Å²) >= 11 is 0. The van der Waals surface area contributed by atoms with E-state index in [9.17, 15) is 10.0 Å². The zero-order chi connectivity index (χ0) is 10.0. The van der Waals surface area contributed by atoms with Crippen LogP contribution in [0.1, 0.15) is 27.2 Å². The fourth-order valence-corrected chi connectivity index (χ4v) is 1.73. The minimum Gasteiger partial charge on any atom is -0.390 e. The van der Waals surface area contributed by atoms with E-state index in [1.54, 1.807) is 0 Å². The average molecular weight is 187 g/mol. The van der Waals surface area contributed by atoms with Crippen molar-refractivity contribution >= 4 is 0 Å². The topological polar surface area (TPSA) is 58.9 Å². The Morgan fingerprint density at radius 1 is 1.54 bits per heavy atom. The summed E-state index contributed by atoms with van der Waals surface area (Å²) in [5, 5.41) is 12.6. The third-order valence-corrected chi connectivity index (χ3v) is 2.57. The van der Waals surface area contributed by atoms with Gasteiger partial charge in [-0.25, -0.2) is 0 Å². The van der Waals surface area contributed by atoms with E-state index < -0.39 is 12.1 Å². The molecular weight excluding hydrogens is 170 g/mol. The van der Waals surface area contributed by atoms with Crippen LogP contribution in [0, 0.1) is 10.8 Å². The average Bonchev–Trinajstić information content (AvgIpc) is 2.07. The highest BCUT2D eigenvalue weighted by Crippen LogP contribution is 2.26. The second-order valence-corrected chi connectivity index (χ2v) is 4.03. The summed E-state index contributed by atoms with van der Waals surface area (Å²) < 4.78 is 5.52. The monoisotopic (exact) mass is 187 g/mol. The van der Waals surface area contributed by atoms with Crippen LogP contribution in [0.5, 0.6) is 0 Å². The highest BCUT2D eigenvalue weighted by Gasteiger charge is 2.36. The van der Waals surface area contributed by atoms with Crippen LogP contribution < -0.4 is 0 Å². The van der Waals surface area contributed by atoms with Crippen LogP contribution in [-0.4, -0.2) is 29.5 Å². The largest absolute Gasteiger partial charge is 0.390 e. The molecule has 0 aromatic heterocycles. The van der Waals surface area contributed by atoms with Crippen molar-refractivity contribution in [3.05, 3.63) is 4.91 Å². The number of hydrogen-bond acceptors (Lipinski definition) is 4. The molecule has 1 aliphatic rings. The molecule has 1 fully saturated rings. The summed E-state index contributed by atoms with van der Waals surface area (Å²) in [4.78, 5) is 10.4. The number of nitroso groups, excluding NO2 is 1. The van der Waals surface area contributed by atoms with Crippen LogP contribution in [0.4, 0.5) is 0 Å². The van der Waals surface area contributed by atoms with Crippen LogP contribution in [0.2, 0.25) is 0 Å². The van der Waals surface area contributed by atoms with Crippen LogP contribution in [0.25, 0.3) is 0 Å². The fourth-order valence-electron chi connectivity index (χ4n) is 1.73. The highest BCUT2D eigenvalue weighted by atomic mass is 16.5. The lowest BCUT2D eigenvalue weighted by Gasteiger charge is -2.37. The molecule has 0 amide bonds. The molecule has 0 aromatic rings. The molecule has 1 saturated heterocycles. The number of aliphatic hydroxyl groups is 1. The highest BCUT2D eigenvalue weighted by molar-refractivity contribution is 4.88. The van der Waals surface area contributed by atoms with Gasteiger partial charge in [-0.2, -0.15) is 4.91 Å². The van der Waals surface area contributed by atoms with E-state index in [-0.39, 0.29) is 18.1 Å². The van der Waals surface area contributed by atoms with Gasteiger partial charge in [0.25, 0.3) is 0 Å². The Kier molecular flexibility index (Phi) is 3.39. The first-order chi connectivity index (χ1) is 6.06. The molecule has 4 nitrogen and oxygen atoms in total. The van der Waals surface area contributed by atoms with Gasteiger partial charge in [0, 0.05) is 6.42 Å². The van der Waals surface area contributed by atoms with Gasteiger partial charge in [-0.05, 0) is 12.8 Å². The fraction of sp³-hybridized carbons (Fsp3) is 1.00. The Labute approximate surface area is 78.3 Å². The molecule has 4 unspecified atom stereocenters. The lowest BCUT2D eigenvalue weighted by molar-refractivity contribution is -0.136. The Hall–Kier alpha value is -0.480. The molecule has 0 aliphatic carbocycles. The molecule has 0 saturated carbocycles. The van der Waals surface area contributed by atoms with Gasteiger partial charge in [0.05, 0.1) is 18.3 Å². The number of hydrogen-bond donors (Lipinski definition) is 1. The summed E-state index contributed by atoms with van der Waals surface area (Å²) in [5.41, 5.74) is 0. The maximum atomic E-state index is 10.4. The van der Waals surface area contributed by atoms with E-state index in [2.05, 4.69) is 5.18 Å². The van der Waals surface area contributed by atoms with Gasteiger partial charge >= 0.3 is 0 Å². The quantitative estimate of drug-likeness (QED) is 0.663. The Morgan fingerprint density at radius 3 is 2.62 bits per heavy atom. The number of ether oxygens (including phenoxy) is 1. The van der Waals surface area contributed by atoms with Crippen LogP contribution in [0.3, 0.4) is 0 Å². The Bertz CT molecular complexity index is 184. The van der Waals surface area contributed by atoms with Gasteiger partial charge in [-0.1, -0.05) is 19.0 Å². The molecule has 1 heterocycles. The predicted molar refractivity (Wildman–Crippen MR) is 49.4 cm³/mol. The van der Waals surface area contributed by atoms with Crippen molar-refractivity contribution in [3.63, 3.8) is 0 Å². The van der Waals surface area contributed by atoms with E-state index in [0.717, 1.165) is 0 Å². The van der Waals surface area contributed by atoms with Crippen LogP contribution in [-0.2, 0) is 4.74 Å². The van der Waals surface area contributed by atoms with Crippen LogP contribution in [0.15, 0.2) is 5.18 Å². The summed E-state index contributed by atoms with van der Waals surface area (Å²) in [5.74, 6) is 0.269. The SMILES string of the molecule is CC(C)C1OC(C)C(N=O)CC1O. The number of nitrogens with zero attached hydrogens (tertiary/aromatic N) is 1. The molecule has 1 N–H and O–H groups in total. The molecule has 0 aromatic carbocycles. The van der Waals surface area contributed by atoms with Crippen molar-refractivity contribution in [2.45, 2.75) is 51.5 Å². The van der Waals surface area contributed by atoms with Gasteiger partial charge in [0.1, 0.15) is 6.04 Å². The molecule has 4 atom stereocenters. The number of aliphatic hydroxyl groups excluding tert-OH is 1.